The third-order valence-electron chi connectivity index (χ3n) is 4.10. The number of fused-ring (bicyclic) bond motifs is 1. The normalized spacial score (nSPS) is 11.1. The third kappa shape index (κ3) is 3.31. The topological polar surface area (TPSA) is 98.2 Å². The number of pyridine rings is 1. The Morgan fingerprint density at radius 3 is 2.96 bits per heavy atom. The first-order chi connectivity index (χ1) is 13.6. The highest BCUT2D eigenvalue weighted by Crippen LogP contribution is 2.22. The molecule has 142 valence electrons. The number of halogens is 2. The fraction of sp³-hybridized carbons (Fsp3) is 0.167. The van der Waals surface area contributed by atoms with Gasteiger partial charge in [0.25, 0.3) is 11.8 Å². The maximum absolute atomic E-state index is 13.8. The van der Waals surface area contributed by atoms with Crippen molar-refractivity contribution in [2.75, 3.05) is 0 Å². The number of aryl methyl sites for hydroxylation is 1. The average Bonchev–Trinajstić information content (AvgIpc) is 3.34. The van der Waals surface area contributed by atoms with Gasteiger partial charge in [-0.25, -0.2) is 4.39 Å². The van der Waals surface area contributed by atoms with Crippen LogP contribution in [0.5, 0.6) is 0 Å². The molecule has 0 unspecified atom stereocenters. The van der Waals surface area contributed by atoms with Crippen molar-refractivity contribution in [1.82, 2.24) is 30.1 Å². The lowest BCUT2D eigenvalue weighted by molar-refractivity contribution is 0.0945. The fourth-order valence-corrected chi connectivity index (χ4v) is 2.86. The number of nitrogens with one attached hydrogen (secondary N) is 1. The Labute approximate surface area is 163 Å². The molecule has 28 heavy (non-hydrogen) atoms. The third-order valence-corrected chi connectivity index (χ3v) is 4.34. The molecule has 3 aromatic heterocycles. The minimum absolute atomic E-state index is 0.0411. The number of carbonyl (C=O) groups excluding carboxylic acids is 1. The summed E-state index contributed by atoms with van der Waals surface area (Å²) in [6.45, 7) is 1.97. The summed E-state index contributed by atoms with van der Waals surface area (Å²) in [5.41, 5.74) is 0.993. The summed E-state index contributed by atoms with van der Waals surface area (Å²) in [7, 11) is 0. The van der Waals surface area contributed by atoms with Gasteiger partial charge in [0.15, 0.2) is 17.3 Å². The molecule has 0 aliphatic carbocycles. The van der Waals surface area contributed by atoms with Crippen LogP contribution in [0.4, 0.5) is 4.39 Å². The molecule has 0 aliphatic heterocycles. The lowest BCUT2D eigenvalue weighted by atomic mass is 10.2. The van der Waals surface area contributed by atoms with Gasteiger partial charge in [-0.3, -0.25) is 9.20 Å². The molecule has 4 rings (SSSR count). The van der Waals surface area contributed by atoms with Crippen LogP contribution >= 0.6 is 11.6 Å². The van der Waals surface area contributed by atoms with E-state index < -0.39 is 11.7 Å². The van der Waals surface area contributed by atoms with Gasteiger partial charge in [0, 0.05) is 17.6 Å². The van der Waals surface area contributed by atoms with Crippen LogP contribution < -0.4 is 5.32 Å². The van der Waals surface area contributed by atoms with Crippen molar-refractivity contribution in [1.29, 1.82) is 0 Å². The van der Waals surface area contributed by atoms with E-state index in [0.29, 0.717) is 35.2 Å². The minimum Gasteiger partial charge on any atom is -0.345 e. The zero-order valence-electron chi connectivity index (χ0n) is 14.7. The predicted octanol–water partition coefficient (Wildman–Crippen LogP) is 3.06. The maximum atomic E-state index is 13.8. The molecule has 0 saturated heterocycles. The van der Waals surface area contributed by atoms with Gasteiger partial charge in [0.1, 0.15) is 5.82 Å². The van der Waals surface area contributed by atoms with Crippen LogP contribution in [0.3, 0.4) is 0 Å². The summed E-state index contributed by atoms with van der Waals surface area (Å²) in [5, 5.41) is 15.0. The van der Waals surface area contributed by atoms with Crippen molar-refractivity contribution in [2.24, 2.45) is 0 Å². The molecule has 0 bridgehead atoms. The summed E-state index contributed by atoms with van der Waals surface area (Å²) in [4.78, 5) is 16.6. The largest absolute Gasteiger partial charge is 0.345 e. The van der Waals surface area contributed by atoms with Crippen molar-refractivity contribution in [3.05, 3.63) is 64.6 Å². The first-order valence-corrected chi connectivity index (χ1v) is 8.83. The van der Waals surface area contributed by atoms with Crippen LogP contribution in [0.1, 0.15) is 28.9 Å². The summed E-state index contributed by atoms with van der Waals surface area (Å²) in [5.74, 6) is 0.137. The first kappa shape index (κ1) is 18.1. The van der Waals surface area contributed by atoms with Gasteiger partial charge < -0.3 is 9.84 Å². The molecule has 8 nitrogen and oxygen atoms in total. The number of hydrogen-bond donors (Lipinski definition) is 1. The van der Waals surface area contributed by atoms with E-state index in [-0.39, 0.29) is 17.1 Å². The van der Waals surface area contributed by atoms with Crippen molar-refractivity contribution < 1.29 is 13.7 Å². The standard InChI is InChI=1S/C18H14ClFN6O2/c1-2-14-22-18(28-25-14)11-4-3-7-26-15(23-24-16(11)26)9-21-17(27)12-8-10(19)5-6-13(12)20/h3-8H,2,9H2,1H3,(H,21,27). The van der Waals surface area contributed by atoms with E-state index in [1.165, 1.54) is 12.1 Å². The monoisotopic (exact) mass is 400 g/mol. The number of benzene rings is 1. The van der Waals surface area contributed by atoms with Gasteiger partial charge in [-0.1, -0.05) is 23.7 Å². The lowest BCUT2D eigenvalue weighted by Gasteiger charge is -2.06. The second-order valence-electron chi connectivity index (χ2n) is 5.91. The van der Waals surface area contributed by atoms with Gasteiger partial charge in [0.05, 0.1) is 17.7 Å². The van der Waals surface area contributed by atoms with Crippen LogP contribution in [0.25, 0.3) is 17.1 Å². The number of amides is 1. The van der Waals surface area contributed by atoms with Gasteiger partial charge in [-0.15, -0.1) is 10.2 Å². The molecular weight excluding hydrogens is 387 g/mol. The second kappa shape index (κ2) is 7.35. The Hall–Kier alpha value is -3.33. The van der Waals surface area contributed by atoms with Crippen LogP contribution in [0, 0.1) is 5.82 Å². The summed E-state index contributed by atoms with van der Waals surface area (Å²) >= 11 is 5.83. The van der Waals surface area contributed by atoms with Gasteiger partial charge >= 0.3 is 0 Å². The molecule has 3 heterocycles. The molecule has 4 aromatic rings. The Kier molecular flexibility index (Phi) is 4.74. The number of aromatic nitrogens is 5. The van der Waals surface area contributed by atoms with E-state index >= 15 is 0 Å². The molecule has 1 amide bonds. The van der Waals surface area contributed by atoms with E-state index in [0.717, 1.165) is 6.07 Å². The van der Waals surface area contributed by atoms with Crippen molar-refractivity contribution in [2.45, 2.75) is 19.9 Å². The molecule has 1 N–H and O–H groups in total. The van der Waals surface area contributed by atoms with Gasteiger partial charge in [-0.2, -0.15) is 4.98 Å². The Morgan fingerprint density at radius 2 is 2.18 bits per heavy atom. The summed E-state index contributed by atoms with van der Waals surface area (Å²) in [6.07, 6.45) is 2.40. The zero-order chi connectivity index (χ0) is 19.7. The predicted molar refractivity (Wildman–Crippen MR) is 98.2 cm³/mol. The molecule has 0 spiro atoms. The highest BCUT2D eigenvalue weighted by Gasteiger charge is 2.17. The number of hydrogen-bond acceptors (Lipinski definition) is 6. The zero-order valence-corrected chi connectivity index (χ0v) is 15.4. The average molecular weight is 401 g/mol. The smallest absolute Gasteiger partial charge is 0.261 e. The van der Waals surface area contributed by atoms with Crippen molar-refractivity contribution in [3.8, 4) is 11.5 Å². The van der Waals surface area contributed by atoms with Crippen LogP contribution in [-0.4, -0.2) is 30.6 Å². The van der Waals surface area contributed by atoms with Gasteiger partial charge in [-0.05, 0) is 30.3 Å². The Bertz CT molecular complexity index is 1170. The van der Waals surface area contributed by atoms with Crippen molar-refractivity contribution in [3.63, 3.8) is 0 Å². The quantitative estimate of drug-likeness (QED) is 0.552. The van der Waals surface area contributed by atoms with E-state index in [1.807, 2.05) is 6.92 Å². The molecule has 0 radical (unpaired) electrons. The first-order valence-electron chi connectivity index (χ1n) is 8.45. The maximum Gasteiger partial charge on any atom is 0.261 e. The molecule has 1 aromatic carbocycles. The number of carbonyl (C=O) groups is 1. The van der Waals surface area contributed by atoms with E-state index in [2.05, 4.69) is 25.7 Å². The van der Waals surface area contributed by atoms with Crippen LogP contribution in [0.15, 0.2) is 41.1 Å². The Balaban J connectivity index is 1.59. The SMILES string of the molecule is CCc1noc(-c2cccn3c(CNC(=O)c4cc(Cl)ccc4F)nnc23)n1. The number of nitrogens with zero attached hydrogens (tertiary/aromatic N) is 5. The highest BCUT2D eigenvalue weighted by atomic mass is 35.5. The lowest BCUT2D eigenvalue weighted by Crippen LogP contribution is -2.25. The molecule has 0 aliphatic rings. The molecule has 0 atom stereocenters. The fourth-order valence-electron chi connectivity index (χ4n) is 2.68. The van der Waals surface area contributed by atoms with E-state index in [9.17, 15) is 9.18 Å². The highest BCUT2D eigenvalue weighted by molar-refractivity contribution is 6.31. The second-order valence-corrected chi connectivity index (χ2v) is 6.34. The molecular formula is C18H14ClFN6O2. The molecule has 0 saturated carbocycles. The van der Waals surface area contributed by atoms with Crippen molar-refractivity contribution >= 4 is 23.2 Å². The van der Waals surface area contributed by atoms with Gasteiger partial charge in [0.2, 0.25) is 0 Å². The van der Waals surface area contributed by atoms with Crippen LogP contribution in [-0.2, 0) is 13.0 Å². The molecule has 0 fully saturated rings. The minimum atomic E-state index is -0.654. The number of rotatable bonds is 5. The summed E-state index contributed by atoms with van der Waals surface area (Å²) < 4.78 is 20.8. The summed E-state index contributed by atoms with van der Waals surface area (Å²) in [6, 6.07) is 7.37. The Morgan fingerprint density at radius 1 is 1.32 bits per heavy atom. The van der Waals surface area contributed by atoms with E-state index in [1.54, 1.807) is 22.7 Å². The molecule has 10 heteroatoms. The van der Waals surface area contributed by atoms with E-state index in [4.69, 9.17) is 16.1 Å². The van der Waals surface area contributed by atoms with Crippen LogP contribution in [0.2, 0.25) is 5.02 Å².